The summed E-state index contributed by atoms with van der Waals surface area (Å²) in [7, 11) is 0. The number of carbonyl (C=O) groups excluding carboxylic acids is 1. The molecule has 1 amide bonds. The minimum Gasteiger partial charge on any atom is -0.366 e. The molecule has 1 aliphatic carbocycles. The van der Waals surface area contributed by atoms with Crippen LogP contribution in [0.2, 0.25) is 0 Å². The summed E-state index contributed by atoms with van der Waals surface area (Å²) in [5, 5.41) is 6.90. The number of nitrogens with one attached hydrogen (secondary N) is 1. The van der Waals surface area contributed by atoms with Crippen molar-refractivity contribution in [2.45, 2.75) is 50.6 Å². The summed E-state index contributed by atoms with van der Waals surface area (Å²) in [6.07, 6.45) is -0.112. The minimum absolute atomic E-state index is 0.173. The number of H-pyrrole nitrogens is 1. The average Bonchev–Trinajstić information content (AvgIpc) is 2.80. The van der Waals surface area contributed by atoms with Crippen LogP contribution in [-0.2, 0) is 31.9 Å². The van der Waals surface area contributed by atoms with Gasteiger partial charge in [-0.1, -0.05) is 24.3 Å². The van der Waals surface area contributed by atoms with Gasteiger partial charge in [-0.05, 0) is 85.4 Å². The molecule has 0 bridgehead atoms. The van der Waals surface area contributed by atoms with Gasteiger partial charge in [0.2, 0.25) is 5.91 Å². The van der Waals surface area contributed by atoms with Crippen LogP contribution in [0.3, 0.4) is 0 Å². The molecule has 0 saturated heterocycles. The predicted octanol–water partition coefficient (Wildman–Crippen LogP) is 4.34. The first-order chi connectivity index (χ1) is 15.7. The first-order valence-corrected chi connectivity index (χ1v) is 10.9. The van der Waals surface area contributed by atoms with E-state index >= 15 is 0 Å². The number of aromatic nitrogens is 2. The second-order valence-electron chi connectivity index (χ2n) is 8.45. The zero-order valence-electron chi connectivity index (χ0n) is 17.9. The average molecular weight is 455 g/mol. The molecule has 3 aromatic rings. The molecule has 0 fully saturated rings. The van der Waals surface area contributed by atoms with Crippen molar-refractivity contribution in [1.82, 2.24) is 10.2 Å². The molecule has 1 heterocycles. The monoisotopic (exact) mass is 455 g/mol. The van der Waals surface area contributed by atoms with Gasteiger partial charge in [0.15, 0.2) is 0 Å². The number of halogens is 3. The standard InChI is InChI=1S/C25H24F3N3O2/c26-25(27,28)19-10-8-16(9-11-19)18(13-15-4-3-5-17(12-15)23(29)32)14-22-20-6-1-2-7-21(20)24(33)31-30-22/h3-5,8-12,18H,1-2,6-7,13-14H2,(H2,29,32)(H,31,33). The molecule has 1 atom stereocenters. The van der Waals surface area contributed by atoms with Crippen molar-refractivity contribution in [3.8, 4) is 0 Å². The number of hydrogen-bond acceptors (Lipinski definition) is 3. The highest BCUT2D eigenvalue weighted by Crippen LogP contribution is 2.33. The summed E-state index contributed by atoms with van der Waals surface area (Å²) in [4.78, 5) is 23.8. The van der Waals surface area contributed by atoms with Crippen molar-refractivity contribution in [1.29, 1.82) is 0 Å². The Morgan fingerprint density at radius 2 is 1.73 bits per heavy atom. The zero-order chi connectivity index (χ0) is 23.6. The number of alkyl halides is 3. The van der Waals surface area contributed by atoms with Gasteiger partial charge < -0.3 is 5.73 Å². The number of aromatic amines is 1. The third-order valence-electron chi connectivity index (χ3n) is 6.23. The fraction of sp³-hybridized carbons (Fsp3) is 0.320. The SMILES string of the molecule is NC(=O)c1cccc(CC(Cc2n[nH]c(=O)c3c2CCCC3)c2ccc(C(F)(F)F)cc2)c1. The van der Waals surface area contributed by atoms with Crippen LogP contribution in [-0.4, -0.2) is 16.1 Å². The van der Waals surface area contributed by atoms with Crippen LogP contribution in [0, 0.1) is 0 Å². The van der Waals surface area contributed by atoms with E-state index in [-0.39, 0.29) is 11.5 Å². The lowest BCUT2D eigenvalue weighted by Crippen LogP contribution is -2.24. The van der Waals surface area contributed by atoms with E-state index < -0.39 is 17.6 Å². The molecule has 5 nitrogen and oxygen atoms in total. The van der Waals surface area contributed by atoms with E-state index in [0.717, 1.165) is 59.3 Å². The topological polar surface area (TPSA) is 88.8 Å². The smallest absolute Gasteiger partial charge is 0.366 e. The van der Waals surface area contributed by atoms with E-state index in [1.165, 1.54) is 12.1 Å². The molecule has 0 aliphatic heterocycles. The molecule has 2 aromatic carbocycles. The van der Waals surface area contributed by atoms with Crippen molar-refractivity contribution >= 4 is 5.91 Å². The van der Waals surface area contributed by atoms with E-state index in [1.807, 2.05) is 6.07 Å². The summed E-state index contributed by atoms with van der Waals surface area (Å²) in [5.41, 5.74) is 8.94. The van der Waals surface area contributed by atoms with Crippen LogP contribution >= 0.6 is 0 Å². The molecule has 1 aromatic heterocycles. The van der Waals surface area contributed by atoms with E-state index in [9.17, 15) is 22.8 Å². The Bertz CT molecular complexity index is 1220. The number of rotatable bonds is 6. The first kappa shape index (κ1) is 22.8. The first-order valence-electron chi connectivity index (χ1n) is 10.9. The number of hydrogen-bond donors (Lipinski definition) is 2. The molecule has 172 valence electrons. The van der Waals surface area contributed by atoms with Crippen LogP contribution in [0.5, 0.6) is 0 Å². The highest BCUT2D eigenvalue weighted by atomic mass is 19.4. The Labute approximate surface area is 188 Å². The number of nitrogens with zero attached hydrogens (tertiary/aromatic N) is 1. The number of benzene rings is 2. The highest BCUT2D eigenvalue weighted by Gasteiger charge is 2.30. The van der Waals surface area contributed by atoms with E-state index in [1.54, 1.807) is 18.2 Å². The largest absolute Gasteiger partial charge is 0.416 e. The van der Waals surface area contributed by atoms with Crippen LogP contribution in [0.25, 0.3) is 0 Å². The Hall–Kier alpha value is -3.42. The molecule has 0 spiro atoms. The van der Waals surface area contributed by atoms with Crippen molar-refractivity contribution in [3.63, 3.8) is 0 Å². The Kier molecular flexibility index (Phi) is 6.35. The van der Waals surface area contributed by atoms with E-state index in [0.29, 0.717) is 24.8 Å². The Morgan fingerprint density at radius 3 is 2.39 bits per heavy atom. The molecule has 3 N–H and O–H groups in total. The molecule has 1 unspecified atom stereocenters. The third kappa shape index (κ3) is 5.16. The van der Waals surface area contributed by atoms with Gasteiger partial charge in [0.05, 0.1) is 11.3 Å². The maximum Gasteiger partial charge on any atom is 0.416 e. The normalized spacial score (nSPS) is 14.5. The summed E-state index contributed by atoms with van der Waals surface area (Å²) in [5.74, 6) is -0.751. The molecule has 1 aliphatic rings. The van der Waals surface area contributed by atoms with Crippen molar-refractivity contribution in [3.05, 3.63) is 98.0 Å². The van der Waals surface area contributed by atoms with Gasteiger partial charge in [-0.15, -0.1) is 0 Å². The van der Waals surface area contributed by atoms with Gasteiger partial charge >= 0.3 is 6.18 Å². The fourth-order valence-electron chi connectivity index (χ4n) is 4.52. The zero-order valence-corrected chi connectivity index (χ0v) is 17.9. The molecular weight excluding hydrogens is 431 g/mol. The van der Waals surface area contributed by atoms with E-state index in [4.69, 9.17) is 5.73 Å². The third-order valence-corrected chi connectivity index (χ3v) is 6.23. The van der Waals surface area contributed by atoms with Gasteiger partial charge in [0, 0.05) is 11.1 Å². The van der Waals surface area contributed by atoms with Gasteiger partial charge in [-0.25, -0.2) is 5.10 Å². The molecule has 0 radical (unpaired) electrons. The lowest BCUT2D eigenvalue weighted by atomic mass is 9.84. The highest BCUT2D eigenvalue weighted by molar-refractivity contribution is 5.92. The number of amides is 1. The Morgan fingerprint density at radius 1 is 1.03 bits per heavy atom. The van der Waals surface area contributed by atoms with Gasteiger partial charge in [-0.2, -0.15) is 18.3 Å². The lowest BCUT2D eigenvalue weighted by molar-refractivity contribution is -0.137. The van der Waals surface area contributed by atoms with E-state index in [2.05, 4.69) is 10.2 Å². The van der Waals surface area contributed by atoms with Crippen molar-refractivity contribution < 1.29 is 18.0 Å². The second kappa shape index (κ2) is 9.21. The molecule has 8 heteroatoms. The quantitative estimate of drug-likeness (QED) is 0.580. The number of nitrogens with two attached hydrogens (primary N) is 1. The van der Waals surface area contributed by atoms with Gasteiger partial charge in [0.1, 0.15) is 0 Å². The second-order valence-corrected chi connectivity index (χ2v) is 8.45. The van der Waals surface area contributed by atoms with Crippen LogP contribution in [0.4, 0.5) is 13.2 Å². The van der Waals surface area contributed by atoms with Gasteiger partial charge in [0.25, 0.3) is 5.56 Å². The summed E-state index contributed by atoms with van der Waals surface area (Å²) in [6, 6.07) is 12.1. The Balaban J connectivity index is 1.71. The lowest BCUT2D eigenvalue weighted by Gasteiger charge is -2.22. The molecule has 4 rings (SSSR count). The fourth-order valence-corrected chi connectivity index (χ4v) is 4.52. The summed E-state index contributed by atoms with van der Waals surface area (Å²) < 4.78 is 39.2. The van der Waals surface area contributed by atoms with Crippen LogP contribution in [0.15, 0.2) is 53.3 Å². The number of carbonyl (C=O) groups is 1. The number of primary amides is 1. The van der Waals surface area contributed by atoms with Crippen LogP contribution < -0.4 is 11.3 Å². The predicted molar refractivity (Wildman–Crippen MR) is 118 cm³/mol. The minimum atomic E-state index is -4.41. The maximum absolute atomic E-state index is 13.1. The molecule has 33 heavy (non-hydrogen) atoms. The summed E-state index contributed by atoms with van der Waals surface area (Å²) in [6.45, 7) is 0. The molecule has 0 saturated carbocycles. The van der Waals surface area contributed by atoms with Gasteiger partial charge in [-0.3, -0.25) is 9.59 Å². The van der Waals surface area contributed by atoms with Crippen LogP contribution in [0.1, 0.15) is 62.6 Å². The summed E-state index contributed by atoms with van der Waals surface area (Å²) >= 11 is 0. The van der Waals surface area contributed by atoms with Crippen molar-refractivity contribution in [2.24, 2.45) is 5.73 Å². The molecular formula is C25H24F3N3O2. The number of fused-ring (bicyclic) bond motifs is 1. The van der Waals surface area contributed by atoms with Crippen molar-refractivity contribution in [2.75, 3.05) is 0 Å². The maximum atomic E-state index is 13.1.